The molecule has 1 fully saturated rings. The summed E-state index contributed by atoms with van der Waals surface area (Å²) in [5.41, 5.74) is 7.59. The maximum absolute atomic E-state index is 12.1. The smallest absolute Gasteiger partial charge is 0.255 e. The standard InChI is InChI=1S/C12H11N3O3.ClH/c13-7-1-2-8-6(3-7)5-15(12(8)18)9-4-10(16)14-11(9)17;/h1-3,9H,4-5,13H2,(H,14,16,17);1H. The molecule has 2 aliphatic heterocycles. The molecular formula is C12H12ClN3O3. The normalized spacial score (nSPS) is 21.2. The molecule has 6 nitrogen and oxygen atoms in total. The van der Waals surface area contributed by atoms with Crippen LogP contribution in [0.5, 0.6) is 0 Å². The summed E-state index contributed by atoms with van der Waals surface area (Å²) in [6, 6.07) is 4.34. The molecule has 2 heterocycles. The Balaban J connectivity index is 0.00000133. The molecule has 7 heteroatoms. The molecule has 100 valence electrons. The molecule has 1 unspecified atom stereocenters. The molecule has 0 bridgehead atoms. The minimum absolute atomic E-state index is 0. The highest BCUT2D eigenvalue weighted by atomic mass is 35.5. The third-order valence-corrected chi connectivity index (χ3v) is 3.28. The number of fused-ring (bicyclic) bond motifs is 1. The largest absolute Gasteiger partial charge is 0.399 e. The van der Waals surface area contributed by atoms with E-state index in [4.69, 9.17) is 5.73 Å². The van der Waals surface area contributed by atoms with Crippen LogP contribution in [0.1, 0.15) is 22.3 Å². The number of anilines is 1. The van der Waals surface area contributed by atoms with E-state index < -0.39 is 11.9 Å². The number of rotatable bonds is 1. The molecule has 1 aromatic rings. The Labute approximate surface area is 115 Å². The van der Waals surface area contributed by atoms with Gasteiger partial charge >= 0.3 is 0 Å². The molecule has 1 atom stereocenters. The average Bonchev–Trinajstić information content (AvgIpc) is 2.79. The molecule has 0 saturated carbocycles. The lowest BCUT2D eigenvalue weighted by Crippen LogP contribution is -2.40. The first-order valence-electron chi connectivity index (χ1n) is 5.59. The van der Waals surface area contributed by atoms with Gasteiger partial charge in [-0.05, 0) is 23.8 Å². The predicted molar refractivity (Wildman–Crippen MR) is 69.5 cm³/mol. The minimum atomic E-state index is -0.696. The maximum atomic E-state index is 12.1. The summed E-state index contributed by atoms with van der Waals surface area (Å²) in [5, 5.41) is 2.21. The second kappa shape index (κ2) is 4.55. The van der Waals surface area contributed by atoms with E-state index >= 15 is 0 Å². The van der Waals surface area contributed by atoms with Crippen molar-refractivity contribution >= 4 is 35.8 Å². The van der Waals surface area contributed by atoms with Crippen LogP contribution in [0.3, 0.4) is 0 Å². The van der Waals surface area contributed by atoms with E-state index in [0.717, 1.165) is 5.56 Å². The number of carbonyl (C=O) groups excluding carboxylic acids is 3. The molecule has 1 saturated heterocycles. The Morgan fingerprint density at radius 1 is 1.26 bits per heavy atom. The van der Waals surface area contributed by atoms with E-state index in [9.17, 15) is 14.4 Å². The van der Waals surface area contributed by atoms with Crippen molar-refractivity contribution in [2.75, 3.05) is 5.73 Å². The molecule has 1 aromatic carbocycles. The number of hydrogen-bond acceptors (Lipinski definition) is 4. The van der Waals surface area contributed by atoms with Crippen molar-refractivity contribution in [2.24, 2.45) is 0 Å². The number of halogens is 1. The van der Waals surface area contributed by atoms with E-state index in [2.05, 4.69) is 5.32 Å². The number of nitrogens with two attached hydrogens (primary N) is 1. The van der Waals surface area contributed by atoms with Gasteiger partial charge in [0, 0.05) is 17.8 Å². The van der Waals surface area contributed by atoms with Gasteiger partial charge in [0.1, 0.15) is 6.04 Å². The Bertz CT molecular complexity index is 588. The van der Waals surface area contributed by atoms with E-state index in [1.807, 2.05) is 0 Å². The van der Waals surface area contributed by atoms with Crippen LogP contribution < -0.4 is 11.1 Å². The van der Waals surface area contributed by atoms with Gasteiger partial charge in [0.15, 0.2) is 0 Å². The molecule has 3 N–H and O–H groups in total. The summed E-state index contributed by atoms with van der Waals surface area (Å²) in [6.45, 7) is 0.324. The third kappa shape index (κ3) is 2.04. The summed E-state index contributed by atoms with van der Waals surface area (Å²) in [5.74, 6) is -0.970. The number of imide groups is 1. The number of amides is 3. The van der Waals surface area contributed by atoms with Crippen LogP contribution >= 0.6 is 12.4 Å². The third-order valence-electron chi connectivity index (χ3n) is 3.28. The predicted octanol–water partition coefficient (Wildman–Crippen LogP) is 0.0615. The summed E-state index contributed by atoms with van der Waals surface area (Å²) in [6.07, 6.45) is 0.0358. The summed E-state index contributed by atoms with van der Waals surface area (Å²) >= 11 is 0. The quantitative estimate of drug-likeness (QED) is 0.562. The van der Waals surface area contributed by atoms with Crippen LogP contribution in [0, 0.1) is 0 Å². The van der Waals surface area contributed by atoms with Gasteiger partial charge in [0.2, 0.25) is 11.8 Å². The molecule has 0 radical (unpaired) electrons. The van der Waals surface area contributed by atoms with Gasteiger partial charge in [-0.15, -0.1) is 12.4 Å². The molecule has 19 heavy (non-hydrogen) atoms. The van der Waals surface area contributed by atoms with Crippen LogP contribution in [-0.2, 0) is 16.1 Å². The average molecular weight is 282 g/mol. The molecule has 0 aromatic heterocycles. The van der Waals surface area contributed by atoms with Crippen molar-refractivity contribution in [1.82, 2.24) is 10.2 Å². The Morgan fingerprint density at radius 3 is 2.63 bits per heavy atom. The fourth-order valence-electron chi connectivity index (χ4n) is 2.41. The van der Waals surface area contributed by atoms with Crippen molar-refractivity contribution < 1.29 is 14.4 Å². The second-order valence-corrected chi connectivity index (χ2v) is 4.48. The first kappa shape index (κ1) is 13.4. The number of nitrogens with zero attached hydrogens (tertiary/aromatic N) is 1. The molecule has 0 spiro atoms. The van der Waals surface area contributed by atoms with E-state index in [0.29, 0.717) is 17.8 Å². The van der Waals surface area contributed by atoms with Gasteiger partial charge in [-0.1, -0.05) is 0 Å². The molecule has 0 aliphatic carbocycles. The number of carbonyl (C=O) groups is 3. The van der Waals surface area contributed by atoms with Gasteiger partial charge in [-0.2, -0.15) is 0 Å². The summed E-state index contributed by atoms with van der Waals surface area (Å²) in [7, 11) is 0. The lowest BCUT2D eigenvalue weighted by Gasteiger charge is -2.20. The van der Waals surface area contributed by atoms with E-state index in [1.54, 1.807) is 18.2 Å². The van der Waals surface area contributed by atoms with Gasteiger partial charge in [0.05, 0.1) is 6.42 Å². The van der Waals surface area contributed by atoms with Crippen molar-refractivity contribution in [3.05, 3.63) is 29.3 Å². The van der Waals surface area contributed by atoms with E-state index in [-0.39, 0.29) is 30.6 Å². The van der Waals surface area contributed by atoms with Crippen LogP contribution in [0.2, 0.25) is 0 Å². The lowest BCUT2D eigenvalue weighted by molar-refractivity contribution is -0.126. The monoisotopic (exact) mass is 281 g/mol. The Kier molecular flexibility index (Phi) is 3.20. The summed E-state index contributed by atoms with van der Waals surface area (Å²) < 4.78 is 0. The fourth-order valence-corrected chi connectivity index (χ4v) is 2.41. The molecule has 3 amide bonds. The maximum Gasteiger partial charge on any atom is 0.255 e. The fraction of sp³-hybridized carbons (Fsp3) is 0.250. The van der Waals surface area contributed by atoms with Crippen molar-refractivity contribution in [1.29, 1.82) is 0 Å². The first-order chi connectivity index (χ1) is 8.56. The van der Waals surface area contributed by atoms with Crippen molar-refractivity contribution in [3.63, 3.8) is 0 Å². The molecule has 3 rings (SSSR count). The number of benzene rings is 1. The van der Waals surface area contributed by atoms with Crippen molar-refractivity contribution in [2.45, 2.75) is 19.0 Å². The van der Waals surface area contributed by atoms with Gasteiger partial charge in [-0.3, -0.25) is 19.7 Å². The van der Waals surface area contributed by atoms with Gasteiger partial charge < -0.3 is 10.6 Å². The Morgan fingerprint density at radius 2 is 2.00 bits per heavy atom. The van der Waals surface area contributed by atoms with Crippen molar-refractivity contribution in [3.8, 4) is 0 Å². The van der Waals surface area contributed by atoms with Gasteiger partial charge in [-0.25, -0.2) is 0 Å². The minimum Gasteiger partial charge on any atom is -0.399 e. The second-order valence-electron chi connectivity index (χ2n) is 4.48. The number of nitrogen functional groups attached to an aromatic ring is 1. The zero-order chi connectivity index (χ0) is 12.9. The zero-order valence-electron chi connectivity index (χ0n) is 9.88. The first-order valence-corrected chi connectivity index (χ1v) is 5.59. The number of hydrogen-bond donors (Lipinski definition) is 2. The molecular weight excluding hydrogens is 270 g/mol. The number of nitrogens with one attached hydrogen (secondary N) is 1. The summed E-state index contributed by atoms with van der Waals surface area (Å²) in [4.78, 5) is 36.3. The van der Waals surface area contributed by atoms with E-state index in [1.165, 1.54) is 4.90 Å². The van der Waals surface area contributed by atoms with Crippen LogP contribution in [0.15, 0.2) is 18.2 Å². The molecule has 2 aliphatic rings. The highest BCUT2D eigenvalue weighted by molar-refractivity contribution is 6.09. The van der Waals surface area contributed by atoms with Crippen LogP contribution in [-0.4, -0.2) is 28.7 Å². The Hall–Kier alpha value is -2.08. The topological polar surface area (TPSA) is 92.5 Å². The van der Waals surface area contributed by atoms with Crippen LogP contribution in [0.4, 0.5) is 5.69 Å². The highest BCUT2D eigenvalue weighted by Crippen LogP contribution is 2.28. The SMILES string of the molecule is Cl.Nc1ccc2c(c1)CN(C1CC(=O)NC1=O)C2=O. The highest BCUT2D eigenvalue weighted by Gasteiger charge is 2.41. The lowest BCUT2D eigenvalue weighted by atomic mass is 10.1. The zero-order valence-corrected chi connectivity index (χ0v) is 10.7. The van der Waals surface area contributed by atoms with Crippen LogP contribution in [0.25, 0.3) is 0 Å². The van der Waals surface area contributed by atoms with Gasteiger partial charge in [0.25, 0.3) is 5.91 Å².